The van der Waals surface area contributed by atoms with Gasteiger partial charge >= 0.3 is 0 Å². The average Bonchev–Trinajstić information content (AvgIpc) is 2.16. The SMILES string of the molecule is CC(C)(C)N1CC[n+]2ccncc2C1. The second kappa shape index (κ2) is 3.31. The molecule has 0 N–H and O–H groups in total. The van der Waals surface area contributed by atoms with Gasteiger partial charge in [0.25, 0.3) is 0 Å². The van der Waals surface area contributed by atoms with Crippen LogP contribution in [0.2, 0.25) is 0 Å². The molecule has 1 aromatic heterocycles. The smallest absolute Gasteiger partial charge is 0.214 e. The first kappa shape index (κ1) is 9.59. The number of hydrogen-bond donors (Lipinski definition) is 0. The van der Waals surface area contributed by atoms with Gasteiger partial charge in [-0.3, -0.25) is 9.88 Å². The zero-order valence-electron chi connectivity index (χ0n) is 9.20. The van der Waals surface area contributed by atoms with Crippen LogP contribution < -0.4 is 4.57 Å². The van der Waals surface area contributed by atoms with Gasteiger partial charge in [-0.25, -0.2) is 0 Å². The first-order valence-electron chi connectivity index (χ1n) is 5.15. The third-order valence-electron chi connectivity index (χ3n) is 2.84. The normalized spacial score (nSPS) is 17.9. The van der Waals surface area contributed by atoms with Crippen molar-refractivity contribution >= 4 is 0 Å². The highest BCUT2D eigenvalue weighted by Gasteiger charge is 2.29. The molecule has 76 valence electrons. The van der Waals surface area contributed by atoms with Crippen LogP contribution >= 0.6 is 0 Å². The van der Waals surface area contributed by atoms with Crippen LogP contribution in [0.3, 0.4) is 0 Å². The van der Waals surface area contributed by atoms with Gasteiger partial charge in [0.15, 0.2) is 12.7 Å². The molecular weight excluding hydrogens is 174 g/mol. The third-order valence-corrected chi connectivity index (χ3v) is 2.84. The molecule has 0 fully saturated rings. The molecule has 0 amide bonds. The maximum atomic E-state index is 4.17. The molecule has 1 aromatic rings. The van der Waals surface area contributed by atoms with E-state index in [4.69, 9.17) is 0 Å². The predicted molar refractivity (Wildman–Crippen MR) is 54.6 cm³/mol. The molecule has 0 bridgehead atoms. The Morgan fingerprint density at radius 1 is 1.43 bits per heavy atom. The van der Waals surface area contributed by atoms with Gasteiger partial charge in [0.1, 0.15) is 0 Å². The highest BCUT2D eigenvalue weighted by molar-refractivity contribution is 4.91. The summed E-state index contributed by atoms with van der Waals surface area (Å²) in [4.78, 5) is 6.66. The summed E-state index contributed by atoms with van der Waals surface area (Å²) in [6, 6.07) is 0. The van der Waals surface area contributed by atoms with Crippen LogP contribution in [0, 0.1) is 0 Å². The molecule has 14 heavy (non-hydrogen) atoms. The van der Waals surface area contributed by atoms with Gasteiger partial charge in [0.2, 0.25) is 5.69 Å². The quantitative estimate of drug-likeness (QED) is 0.571. The van der Waals surface area contributed by atoms with E-state index in [9.17, 15) is 0 Å². The standard InChI is InChI=1S/C11H18N3/c1-11(2,3)14-7-6-13-5-4-12-8-10(13)9-14/h4-5,8H,6-7,9H2,1-3H3/q+1. The fourth-order valence-corrected chi connectivity index (χ4v) is 1.84. The van der Waals surface area contributed by atoms with Crippen LogP contribution in [0.1, 0.15) is 26.5 Å². The fourth-order valence-electron chi connectivity index (χ4n) is 1.84. The van der Waals surface area contributed by atoms with Crippen molar-refractivity contribution < 1.29 is 4.57 Å². The number of fused-ring (bicyclic) bond motifs is 1. The molecule has 3 heteroatoms. The Bertz CT molecular complexity index is 328. The summed E-state index contributed by atoms with van der Waals surface area (Å²) >= 11 is 0. The summed E-state index contributed by atoms with van der Waals surface area (Å²) in [6.45, 7) is 10.0. The van der Waals surface area contributed by atoms with Gasteiger partial charge in [-0.1, -0.05) is 0 Å². The second-order valence-corrected chi connectivity index (χ2v) is 4.85. The number of nitrogens with zero attached hydrogens (tertiary/aromatic N) is 3. The Morgan fingerprint density at radius 2 is 2.21 bits per heavy atom. The predicted octanol–water partition coefficient (Wildman–Crippen LogP) is 0.983. The number of rotatable bonds is 0. The summed E-state index contributed by atoms with van der Waals surface area (Å²) in [5.41, 5.74) is 1.57. The molecule has 0 atom stereocenters. The zero-order valence-corrected chi connectivity index (χ0v) is 9.20. The Morgan fingerprint density at radius 3 is 2.93 bits per heavy atom. The molecule has 0 radical (unpaired) electrons. The van der Waals surface area contributed by atoms with Crippen molar-refractivity contribution in [3.8, 4) is 0 Å². The van der Waals surface area contributed by atoms with E-state index in [1.807, 2.05) is 12.4 Å². The van der Waals surface area contributed by atoms with E-state index >= 15 is 0 Å². The van der Waals surface area contributed by atoms with Crippen molar-refractivity contribution in [3.05, 3.63) is 24.3 Å². The van der Waals surface area contributed by atoms with Crippen LogP contribution in [-0.4, -0.2) is 22.0 Å². The molecule has 0 spiro atoms. The zero-order chi connectivity index (χ0) is 10.2. The van der Waals surface area contributed by atoms with Crippen molar-refractivity contribution in [1.29, 1.82) is 0 Å². The van der Waals surface area contributed by atoms with Crippen LogP contribution in [0.5, 0.6) is 0 Å². The molecule has 3 nitrogen and oxygen atoms in total. The Kier molecular flexibility index (Phi) is 2.27. The molecule has 0 aromatic carbocycles. The average molecular weight is 192 g/mol. The lowest BCUT2D eigenvalue weighted by Crippen LogP contribution is -2.55. The van der Waals surface area contributed by atoms with Gasteiger partial charge in [-0.15, -0.1) is 0 Å². The summed E-state index contributed by atoms with van der Waals surface area (Å²) in [5, 5.41) is 0. The first-order valence-corrected chi connectivity index (χ1v) is 5.15. The third kappa shape index (κ3) is 1.77. The minimum absolute atomic E-state index is 0.258. The van der Waals surface area contributed by atoms with Crippen LogP contribution in [-0.2, 0) is 13.1 Å². The first-order chi connectivity index (χ1) is 6.57. The Hall–Kier alpha value is -0.960. The van der Waals surface area contributed by atoms with Crippen LogP contribution in [0.25, 0.3) is 0 Å². The maximum absolute atomic E-state index is 4.17. The van der Waals surface area contributed by atoms with E-state index in [2.05, 4.69) is 41.4 Å². The van der Waals surface area contributed by atoms with Gasteiger partial charge in [-0.05, 0) is 20.8 Å². The largest absolute Gasteiger partial charge is 0.282 e. The number of aromatic nitrogens is 2. The fraction of sp³-hybridized carbons (Fsp3) is 0.636. The van der Waals surface area contributed by atoms with E-state index in [0.29, 0.717) is 0 Å². The van der Waals surface area contributed by atoms with Gasteiger partial charge < -0.3 is 0 Å². The monoisotopic (exact) mass is 192 g/mol. The van der Waals surface area contributed by atoms with E-state index < -0.39 is 0 Å². The molecule has 1 aliphatic rings. The summed E-state index contributed by atoms with van der Waals surface area (Å²) in [5.74, 6) is 0. The lowest BCUT2D eigenvalue weighted by molar-refractivity contribution is -0.712. The highest BCUT2D eigenvalue weighted by atomic mass is 15.2. The van der Waals surface area contributed by atoms with Gasteiger partial charge in [0, 0.05) is 5.54 Å². The number of hydrogen-bond acceptors (Lipinski definition) is 2. The summed E-state index contributed by atoms with van der Waals surface area (Å²) in [6.07, 6.45) is 5.89. The van der Waals surface area contributed by atoms with Gasteiger partial charge in [-0.2, -0.15) is 4.57 Å². The molecule has 2 heterocycles. The van der Waals surface area contributed by atoms with Crippen molar-refractivity contribution in [2.45, 2.75) is 39.4 Å². The lowest BCUT2D eigenvalue weighted by Gasteiger charge is -2.36. The highest BCUT2D eigenvalue weighted by Crippen LogP contribution is 2.17. The van der Waals surface area contributed by atoms with Crippen molar-refractivity contribution in [1.82, 2.24) is 9.88 Å². The van der Waals surface area contributed by atoms with Crippen molar-refractivity contribution in [2.24, 2.45) is 0 Å². The summed E-state index contributed by atoms with van der Waals surface area (Å²) < 4.78 is 2.29. The minimum Gasteiger partial charge on any atom is -0.282 e. The molecule has 1 aliphatic heterocycles. The van der Waals surface area contributed by atoms with Crippen LogP contribution in [0.4, 0.5) is 0 Å². The molecule has 0 saturated carbocycles. The lowest BCUT2D eigenvalue weighted by atomic mass is 10.0. The Balaban J connectivity index is 2.22. The maximum Gasteiger partial charge on any atom is 0.214 e. The molecule has 0 unspecified atom stereocenters. The molecule has 0 aliphatic carbocycles. The van der Waals surface area contributed by atoms with E-state index in [1.165, 1.54) is 5.69 Å². The van der Waals surface area contributed by atoms with Gasteiger partial charge in [0.05, 0.1) is 25.5 Å². The van der Waals surface area contributed by atoms with Crippen molar-refractivity contribution in [3.63, 3.8) is 0 Å². The topological polar surface area (TPSA) is 20.0 Å². The van der Waals surface area contributed by atoms with Crippen LogP contribution in [0.15, 0.2) is 18.6 Å². The minimum atomic E-state index is 0.258. The van der Waals surface area contributed by atoms with E-state index in [-0.39, 0.29) is 5.54 Å². The molecule has 2 rings (SSSR count). The molecule has 0 saturated heterocycles. The van der Waals surface area contributed by atoms with E-state index in [0.717, 1.165) is 19.6 Å². The Labute approximate surface area is 85.4 Å². The summed E-state index contributed by atoms with van der Waals surface area (Å²) in [7, 11) is 0. The molecular formula is C11H18N3+. The van der Waals surface area contributed by atoms with E-state index in [1.54, 1.807) is 0 Å². The van der Waals surface area contributed by atoms with Crippen molar-refractivity contribution in [2.75, 3.05) is 6.54 Å². The second-order valence-electron chi connectivity index (χ2n) is 4.85.